The van der Waals surface area contributed by atoms with E-state index in [-0.39, 0.29) is 18.9 Å². The lowest BCUT2D eigenvalue weighted by molar-refractivity contribution is -0.145. The molecule has 1 aliphatic rings. The number of ether oxygens (including phenoxy) is 1. The first-order chi connectivity index (χ1) is 9.20. The summed E-state index contributed by atoms with van der Waals surface area (Å²) in [5.41, 5.74) is 0. The first-order valence-corrected chi connectivity index (χ1v) is 6.69. The molecule has 1 aromatic rings. The fourth-order valence-electron chi connectivity index (χ4n) is 2.38. The molecule has 0 aliphatic heterocycles. The molecule has 0 spiro atoms. The van der Waals surface area contributed by atoms with E-state index < -0.39 is 5.97 Å². The second kappa shape index (κ2) is 6.36. The Labute approximate surface area is 112 Å². The van der Waals surface area contributed by atoms with Crippen LogP contribution in [-0.2, 0) is 14.3 Å². The standard InChI is InChI=1S/C13H19N3O3/c1-2-19-13(18)9-12(17)15-11-7-8-14-16(11)10-5-3-4-6-10/h7-8,10H,2-6,9H2,1H3,(H,15,17). The van der Waals surface area contributed by atoms with Crippen molar-refractivity contribution in [2.75, 3.05) is 11.9 Å². The first kappa shape index (κ1) is 13.6. The van der Waals surface area contributed by atoms with Crippen molar-refractivity contribution in [1.29, 1.82) is 0 Å². The van der Waals surface area contributed by atoms with Gasteiger partial charge < -0.3 is 10.1 Å². The molecule has 0 unspecified atom stereocenters. The topological polar surface area (TPSA) is 73.2 Å². The van der Waals surface area contributed by atoms with Gasteiger partial charge in [0.05, 0.1) is 18.8 Å². The lowest BCUT2D eigenvalue weighted by atomic mass is 10.2. The molecule has 104 valence electrons. The van der Waals surface area contributed by atoms with Crippen molar-refractivity contribution < 1.29 is 14.3 Å². The molecule has 1 aromatic heterocycles. The van der Waals surface area contributed by atoms with Crippen LogP contribution in [-0.4, -0.2) is 28.3 Å². The largest absolute Gasteiger partial charge is 0.466 e. The van der Waals surface area contributed by atoms with Crippen molar-refractivity contribution in [3.8, 4) is 0 Å². The Balaban J connectivity index is 1.93. The van der Waals surface area contributed by atoms with E-state index in [4.69, 9.17) is 4.74 Å². The van der Waals surface area contributed by atoms with E-state index in [2.05, 4.69) is 10.4 Å². The third-order valence-electron chi connectivity index (χ3n) is 3.22. The fraction of sp³-hybridized carbons (Fsp3) is 0.615. The van der Waals surface area contributed by atoms with Gasteiger partial charge >= 0.3 is 5.97 Å². The number of nitrogens with zero attached hydrogens (tertiary/aromatic N) is 2. The summed E-state index contributed by atoms with van der Waals surface area (Å²) in [4.78, 5) is 22.9. The van der Waals surface area contributed by atoms with Crippen molar-refractivity contribution >= 4 is 17.7 Å². The highest BCUT2D eigenvalue weighted by Gasteiger charge is 2.21. The zero-order valence-electron chi connectivity index (χ0n) is 11.1. The molecule has 19 heavy (non-hydrogen) atoms. The quantitative estimate of drug-likeness (QED) is 0.651. The van der Waals surface area contributed by atoms with E-state index in [0.717, 1.165) is 12.8 Å². The van der Waals surface area contributed by atoms with Crippen molar-refractivity contribution in [2.45, 2.75) is 45.1 Å². The molecule has 6 heteroatoms. The average Bonchev–Trinajstić information content (AvgIpc) is 2.98. The van der Waals surface area contributed by atoms with Gasteiger partial charge in [0.25, 0.3) is 0 Å². The van der Waals surface area contributed by atoms with Crippen LogP contribution in [0.25, 0.3) is 0 Å². The molecule has 1 saturated carbocycles. The monoisotopic (exact) mass is 265 g/mol. The van der Waals surface area contributed by atoms with E-state index in [1.807, 2.05) is 4.68 Å². The number of hydrogen-bond donors (Lipinski definition) is 1. The summed E-state index contributed by atoms with van der Waals surface area (Å²) >= 11 is 0. The van der Waals surface area contributed by atoms with Crippen LogP contribution in [0.3, 0.4) is 0 Å². The molecule has 1 N–H and O–H groups in total. The van der Waals surface area contributed by atoms with Gasteiger partial charge in [0, 0.05) is 6.07 Å². The van der Waals surface area contributed by atoms with Crippen LogP contribution in [0.5, 0.6) is 0 Å². The van der Waals surface area contributed by atoms with E-state index in [0.29, 0.717) is 11.9 Å². The maximum absolute atomic E-state index is 11.7. The van der Waals surface area contributed by atoms with Crippen molar-refractivity contribution in [3.05, 3.63) is 12.3 Å². The summed E-state index contributed by atoms with van der Waals surface area (Å²) in [7, 11) is 0. The Morgan fingerprint density at radius 1 is 1.47 bits per heavy atom. The highest BCUT2D eigenvalue weighted by Crippen LogP contribution is 2.31. The Bertz CT molecular complexity index is 450. The Kier molecular flexibility index (Phi) is 4.54. The van der Waals surface area contributed by atoms with Gasteiger partial charge in [-0.25, -0.2) is 4.68 Å². The number of rotatable bonds is 5. The second-order valence-corrected chi connectivity index (χ2v) is 4.63. The van der Waals surface area contributed by atoms with Gasteiger partial charge in [-0.15, -0.1) is 0 Å². The predicted molar refractivity (Wildman–Crippen MR) is 69.6 cm³/mol. The SMILES string of the molecule is CCOC(=O)CC(=O)Nc1ccnn1C1CCCC1. The fourth-order valence-corrected chi connectivity index (χ4v) is 2.38. The van der Waals surface area contributed by atoms with Crippen LogP contribution in [0.2, 0.25) is 0 Å². The Hall–Kier alpha value is -1.85. The number of hydrogen-bond acceptors (Lipinski definition) is 4. The number of carbonyl (C=O) groups excluding carboxylic acids is 2. The van der Waals surface area contributed by atoms with E-state index in [9.17, 15) is 9.59 Å². The van der Waals surface area contributed by atoms with Gasteiger partial charge in [0.15, 0.2) is 0 Å². The van der Waals surface area contributed by atoms with Crippen molar-refractivity contribution in [1.82, 2.24) is 9.78 Å². The number of aromatic nitrogens is 2. The lowest BCUT2D eigenvalue weighted by Crippen LogP contribution is -2.21. The molecule has 0 aromatic carbocycles. The number of nitrogens with one attached hydrogen (secondary N) is 1. The number of carbonyl (C=O) groups is 2. The zero-order chi connectivity index (χ0) is 13.7. The third kappa shape index (κ3) is 3.56. The summed E-state index contributed by atoms with van der Waals surface area (Å²) < 4.78 is 6.58. The zero-order valence-corrected chi connectivity index (χ0v) is 11.1. The van der Waals surface area contributed by atoms with Gasteiger partial charge in [-0.05, 0) is 19.8 Å². The van der Waals surface area contributed by atoms with Crippen LogP contribution in [0.4, 0.5) is 5.82 Å². The van der Waals surface area contributed by atoms with Gasteiger partial charge in [-0.1, -0.05) is 12.8 Å². The molecule has 0 saturated heterocycles. The number of esters is 1. The van der Waals surface area contributed by atoms with E-state index >= 15 is 0 Å². The van der Waals surface area contributed by atoms with Gasteiger partial charge in [0.2, 0.25) is 5.91 Å². The van der Waals surface area contributed by atoms with E-state index in [1.165, 1.54) is 12.8 Å². The number of anilines is 1. The molecule has 1 aliphatic carbocycles. The molecule has 1 fully saturated rings. The van der Waals surface area contributed by atoms with Gasteiger partial charge in [-0.3, -0.25) is 9.59 Å². The summed E-state index contributed by atoms with van der Waals surface area (Å²) in [5.74, 6) is -0.216. The second-order valence-electron chi connectivity index (χ2n) is 4.63. The summed E-state index contributed by atoms with van der Waals surface area (Å²) in [6, 6.07) is 2.11. The average molecular weight is 265 g/mol. The molecule has 0 radical (unpaired) electrons. The smallest absolute Gasteiger partial charge is 0.315 e. The maximum Gasteiger partial charge on any atom is 0.315 e. The highest BCUT2D eigenvalue weighted by atomic mass is 16.5. The minimum atomic E-state index is -0.507. The van der Waals surface area contributed by atoms with Crippen LogP contribution in [0.1, 0.15) is 45.1 Å². The Morgan fingerprint density at radius 3 is 2.89 bits per heavy atom. The van der Waals surface area contributed by atoms with E-state index in [1.54, 1.807) is 19.2 Å². The van der Waals surface area contributed by atoms with Gasteiger partial charge in [-0.2, -0.15) is 5.10 Å². The molecule has 6 nitrogen and oxygen atoms in total. The molecule has 1 amide bonds. The molecule has 2 rings (SSSR count). The maximum atomic E-state index is 11.7. The summed E-state index contributed by atoms with van der Waals surface area (Å²) in [5, 5.41) is 6.97. The molecule has 1 heterocycles. The first-order valence-electron chi connectivity index (χ1n) is 6.69. The summed E-state index contributed by atoms with van der Waals surface area (Å²) in [6.45, 7) is 2.00. The Morgan fingerprint density at radius 2 is 2.21 bits per heavy atom. The minimum absolute atomic E-state index is 0.260. The molecule has 0 atom stereocenters. The van der Waals surface area contributed by atoms with Gasteiger partial charge in [0.1, 0.15) is 12.2 Å². The predicted octanol–water partition coefficient (Wildman–Crippen LogP) is 1.89. The normalized spacial score (nSPS) is 15.4. The minimum Gasteiger partial charge on any atom is -0.466 e. The van der Waals surface area contributed by atoms with Crippen molar-refractivity contribution in [3.63, 3.8) is 0 Å². The van der Waals surface area contributed by atoms with Crippen LogP contribution < -0.4 is 5.32 Å². The molecular formula is C13H19N3O3. The lowest BCUT2D eigenvalue weighted by Gasteiger charge is -2.14. The highest BCUT2D eigenvalue weighted by molar-refractivity contribution is 6.01. The van der Waals surface area contributed by atoms with Crippen LogP contribution in [0, 0.1) is 0 Å². The number of amides is 1. The van der Waals surface area contributed by atoms with Crippen LogP contribution >= 0.6 is 0 Å². The van der Waals surface area contributed by atoms with Crippen molar-refractivity contribution in [2.24, 2.45) is 0 Å². The third-order valence-corrected chi connectivity index (χ3v) is 3.22. The molecular weight excluding hydrogens is 246 g/mol. The summed E-state index contributed by atoms with van der Waals surface area (Å²) in [6.07, 6.45) is 5.97. The molecule has 0 bridgehead atoms. The van der Waals surface area contributed by atoms with Crippen LogP contribution in [0.15, 0.2) is 12.3 Å².